The number of rotatable bonds is 3. The summed E-state index contributed by atoms with van der Waals surface area (Å²) >= 11 is 1.81. The third kappa shape index (κ3) is 2.62. The van der Waals surface area contributed by atoms with Crippen LogP contribution in [0.1, 0.15) is 34.3 Å². The minimum atomic E-state index is 0.607. The van der Waals surface area contributed by atoms with Gasteiger partial charge in [-0.25, -0.2) is 4.98 Å². The van der Waals surface area contributed by atoms with Crippen molar-refractivity contribution in [1.29, 1.82) is 0 Å². The Bertz CT molecular complexity index is 491. The molecule has 1 aliphatic rings. The number of hydrogen-bond acceptors (Lipinski definition) is 4. The summed E-state index contributed by atoms with van der Waals surface area (Å²) in [4.78, 5) is 8.23. The largest absolute Gasteiger partial charge is 0.298 e. The van der Waals surface area contributed by atoms with Crippen molar-refractivity contribution in [2.75, 3.05) is 13.1 Å². The first-order valence-corrected chi connectivity index (χ1v) is 7.26. The molecule has 2 aromatic rings. The summed E-state index contributed by atoms with van der Waals surface area (Å²) < 4.78 is 0. The summed E-state index contributed by atoms with van der Waals surface area (Å²) in [6.45, 7) is 5.43. The summed E-state index contributed by atoms with van der Waals surface area (Å²) in [6.07, 6.45) is 6.39. The minimum absolute atomic E-state index is 0.607. The third-order valence-electron chi connectivity index (χ3n) is 3.52. The number of aromatic amines is 1. The smallest absolute Gasteiger partial charge is 0.0897 e. The van der Waals surface area contributed by atoms with Gasteiger partial charge in [0.05, 0.1) is 5.01 Å². The van der Waals surface area contributed by atoms with Crippen LogP contribution in [0.2, 0.25) is 0 Å². The van der Waals surface area contributed by atoms with Crippen LogP contribution >= 0.6 is 11.3 Å². The lowest BCUT2D eigenvalue weighted by atomic mass is 9.95. The van der Waals surface area contributed by atoms with Crippen LogP contribution in [-0.4, -0.2) is 33.2 Å². The van der Waals surface area contributed by atoms with E-state index in [1.54, 1.807) is 0 Å². The Morgan fingerprint density at radius 3 is 3.22 bits per heavy atom. The molecule has 0 saturated carbocycles. The van der Waals surface area contributed by atoms with E-state index in [4.69, 9.17) is 0 Å². The van der Waals surface area contributed by atoms with Gasteiger partial charge >= 0.3 is 0 Å². The quantitative estimate of drug-likeness (QED) is 0.924. The predicted octanol–water partition coefficient (Wildman–Crippen LogP) is 2.55. The molecule has 5 heteroatoms. The second-order valence-corrected chi connectivity index (χ2v) is 6.25. The van der Waals surface area contributed by atoms with Crippen molar-refractivity contribution >= 4 is 11.3 Å². The molecular formula is C13H18N4S. The molecule has 0 aliphatic carbocycles. The first-order valence-electron chi connectivity index (χ1n) is 6.44. The van der Waals surface area contributed by atoms with Crippen molar-refractivity contribution in [2.45, 2.75) is 32.2 Å². The van der Waals surface area contributed by atoms with Crippen molar-refractivity contribution < 1.29 is 0 Å². The van der Waals surface area contributed by atoms with Crippen LogP contribution in [0.3, 0.4) is 0 Å². The van der Waals surface area contributed by atoms with Gasteiger partial charge in [-0.2, -0.15) is 5.10 Å². The van der Waals surface area contributed by atoms with E-state index in [-0.39, 0.29) is 0 Å². The molecule has 3 heterocycles. The van der Waals surface area contributed by atoms with Gasteiger partial charge in [0.25, 0.3) is 0 Å². The topological polar surface area (TPSA) is 44.8 Å². The number of nitrogens with zero attached hydrogens (tertiary/aromatic N) is 3. The number of aromatic nitrogens is 3. The van der Waals surface area contributed by atoms with Gasteiger partial charge in [-0.3, -0.25) is 10.00 Å². The molecule has 0 amide bonds. The summed E-state index contributed by atoms with van der Waals surface area (Å²) in [6, 6.07) is 2.10. The fraction of sp³-hybridized carbons (Fsp3) is 0.538. The molecule has 0 aromatic carbocycles. The third-order valence-corrected chi connectivity index (χ3v) is 4.41. The number of thiazole rings is 1. The van der Waals surface area contributed by atoms with Crippen LogP contribution in [0.25, 0.3) is 0 Å². The molecule has 1 aliphatic heterocycles. The number of likely N-dealkylation sites (tertiary alicyclic amines) is 1. The fourth-order valence-electron chi connectivity index (χ4n) is 2.65. The highest BCUT2D eigenvalue weighted by Gasteiger charge is 2.22. The van der Waals surface area contributed by atoms with Crippen LogP contribution in [0.4, 0.5) is 0 Å². The molecule has 0 bridgehead atoms. The monoisotopic (exact) mass is 262 g/mol. The van der Waals surface area contributed by atoms with Gasteiger partial charge in [0.15, 0.2) is 0 Å². The van der Waals surface area contributed by atoms with Crippen LogP contribution in [0.5, 0.6) is 0 Å². The van der Waals surface area contributed by atoms with Crippen LogP contribution in [0, 0.1) is 6.92 Å². The van der Waals surface area contributed by atoms with Gasteiger partial charge < -0.3 is 0 Å². The fourth-order valence-corrected chi connectivity index (χ4v) is 3.48. The number of H-pyrrole nitrogens is 1. The second kappa shape index (κ2) is 5.20. The first-order chi connectivity index (χ1) is 8.81. The van der Waals surface area contributed by atoms with Gasteiger partial charge in [-0.1, -0.05) is 0 Å². The van der Waals surface area contributed by atoms with Gasteiger partial charge in [0.2, 0.25) is 0 Å². The lowest BCUT2D eigenvalue weighted by Crippen LogP contribution is -2.33. The molecule has 1 N–H and O–H groups in total. The van der Waals surface area contributed by atoms with Gasteiger partial charge in [-0.05, 0) is 32.4 Å². The van der Waals surface area contributed by atoms with Crippen molar-refractivity contribution in [3.63, 3.8) is 0 Å². The number of nitrogens with one attached hydrogen (secondary N) is 1. The minimum Gasteiger partial charge on any atom is -0.298 e. The zero-order valence-corrected chi connectivity index (χ0v) is 11.4. The van der Waals surface area contributed by atoms with Gasteiger partial charge in [0.1, 0.15) is 0 Å². The predicted molar refractivity (Wildman–Crippen MR) is 72.7 cm³/mol. The maximum atomic E-state index is 4.33. The number of hydrogen-bond donors (Lipinski definition) is 1. The Kier molecular flexibility index (Phi) is 3.43. The van der Waals surface area contributed by atoms with E-state index in [2.05, 4.69) is 33.1 Å². The molecule has 1 atom stereocenters. The lowest BCUT2D eigenvalue weighted by Gasteiger charge is -2.31. The van der Waals surface area contributed by atoms with Gasteiger partial charge in [0, 0.05) is 42.0 Å². The number of aryl methyl sites for hydroxylation is 1. The van der Waals surface area contributed by atoms with E-state index in [0.717, 1.165) is 18.1 Å². The maximum absolute atomic E-state index is 4.33. The average Bonchev–Trinajstić information content (AvgIpc) is 3.01. The molecule has 0 radical (unpaired) electrons. The molecule has 2 aromatic heterocycles. The summed E-state index contributed by atoms with van der Waals surface area (Å²) in [7, 11) is 0. The lowest BCUT2D eigenvalue weighted by molar-refractivity contribution is 0.200. The number of piperidine rings is 1. The highest BCUT2D eigenvalue weighted by Crippen LogP contribution is 2.26. The van der Waals surface area contributed by atoms with E-state index in [1.807, 2.05) is 23.7 Å². The highest BCUT2D eigenvalue weighted by atomic mass is 32.1. The molecular weight excluding hydrogens is 244 g/mol. The molecule has 0 spiro atoms. The summed E-state index contributed by atoms with van der Waals surface area (Å²) in [5.41, 5.74) is 1.28. The van der Waals surface area contributed by atoms with E-state index >= 15 is 0 Å². The Hall–Kier alpha value is -1.20. The van der Waals surface area contributed by atoms with E-state index in [9.17, 15) is 0 Å². The van der Waals surface area contributed by atoms with E-state index in [0.29, 0.717) is 5.92 Å². The Morgan fingerprint density at radius 1 is 1.56 bits per heavy atom. The van der Waals surface area contributed by atoms with Crippen LogP contribution in [0.15, 0.2) is 18.5 Å². The molecule has 4 nitrogen and oxygen atoms in total. The zero-order valence-electron chi connectivity index (χ0n) is 10.6. The molecule has 3 rings (SSSR count). The van der Waals surface area contributed by atoms with Crippen LogP contribution < -0.4 is 0 Å². The van der Waals surface area contributed by atoms with E-state index in [1.165, 1.54) is 30.0 Å². The molecule has 0 unspecified atom stereocenters. The molecule has 1 fully saturated rings. The molecule has 18 heavy (non-hydrogen) atoms. The van der Waals surface area contributed by atoms with Crippen molar-refractivity contribution in [3.8, 4) is 0 Å². The maximum Gasteiger partial charge on any atom is 0.0897 e. The molecule has 96 valence electrons. The average molecular weight is 262 g/mol. The van der Waals surface area contributed by atoms with Crippen molar-refractivity contribution in [2.24, 2.45) is 0 Å². The van der Waals surface area contributed by atoms with Crippen molar-refractivity contribution in [3.05, 3.63) is 34.0 Å². The Labute approximate surface area is 111 Å². The summed E-state index contributed by atoms with van der Waals surface area (Å²) in [5.74, 6) is 0.607. The van der Waals surface area contributed by atoms with Gasteiger partial charge in [-0.15, -0.1) is 11.3 Å². The standard InChI is InChI=1S/C13H18N4S/c1-10-14-7-12(18-10)9-17-6-2-3-11(8-17)13-4-5-15-16-13/h4-5,7,11H,2-3,6,8-9H2,1H3,(H,15,16)/t11-/m0/s1. The Morgan fingerprint density at radius 2 is 2.50 bits per heavy atom. The van der Waals surface area contributed by atoms with Crippen molar-refractivity contribution in [1.82, 2.24) is 20.1 Å². The normalized spacial score (nSPS) is 21.3. The van der Waals surface area contributed by atoms with Crippen LogP contribution in [-0.2, 0) is 6.54 Å². The zero-order chi connectivity index (χ0) is 12.4. The Balaban J connectivity index is 1.63. The first kappa shape index (κ1) is 11.9. The summed E-state index contributed by atoms with van der Waals surface area (Å²) in [5, 5.41) is 8.33. The second-order valence-electron chi connectivity index (χ2n) is 4.93. The highest BCUT2D eigenvalue weighted by molar-refractivity contribution is 7.11. The molecule has 1 saturated heterocycles. The van der Waals surface area contributed by atoms with E-state index < -0.39 is 0 Å². The SMILES string of the molecule is Cc1ncc(CN2CCC[C@H](c3ccn[nH]3)C2)s1.